The molecule has 36 heavy (non-hydrogen) atoms. The van der Waals surface area contributed by atoms with Crippen LogP contribution in [0, 0.1) is 11.7 Å². The van der Waals surface area contributed by atoms with Crippen molar-refractivity contribution >= 4 is 32.7 Å². The number of fused-ring (bicyclic) bond motifs is 5. The summed E-state index contributed by atoms with van der Waals surface area (Å²) in [6.45, 7) is 3.08. The van der Waals surface area contributed by atoms with E-state index in [4.69, 9.17) is 0 Å². The van der Waals surface area contributed by atoms with Crippen LogP contribution in [0.15, 0.2) is 67.1 Å². The number of imidazole rings is 1. The van der Waals surface area contributed by atoms with E-state index in [1.165, 1.54) is 17.7 Å². The van der Waals surface area contributed by atoms with Gasteiger partial charge in [-0.2, -0.15) is 27.0 Å². The first-order valence-electron chi connectivity index (χ1n) is 11.7. The molecule has 0 unspecified atom stereocenters. The number of aliphatic hydroxyl groups is 1. The van der Waals surface area contributed by atoms with Crippen molar-refractivity contribution in [2.45, 2.75) is 12.6 Å². The van der Waals surface area contributed by atoms with Crippen molar-refractivity contribution in [1.82, 2.24) is 19.0 Å². The molecule has 2 atom stereocenters. The highest BCUT2D eigenvalue weighted by molar-refractivity contribution is 7.59. The number of hydrogen-bond acceptors (Lipinski definition) is 4. The molecule has 0 amide bonds. The first-order chi connectivity index (χ1) is 16.5. The zero-order valence-electron chi connectivity index (χ0n) is 20.4. The largest absolute Gasteiger partial charge is 0.391 e. The molecule has 1 fully saturated rings. The van der Waals surface area contributed by atoms with Crippen molar-refractivity contribution in [3.63, 3.8) is 0 Å². The van der Waals surface area contributed by atoms with Gasteiger partial charge < -0.3 is 19.5 Å². The fraction of sp³-hybridized carbons (Fsp3) is 0.296. The fourth-order valence-corrected chi connectivity index (χ4v) is 5.34. The maximum absolute atomic E-state index is 13.4. The molecule has 0 aliphatic carbocycles. The van der Waals surface area contributed by atoms with Crippen molar-refractivity contribution in [3.05, 3.63) is 78.5 Å². The Hall–Kier alpha value is -2.72. The third-order valence-corrected chi connectivity index (χ3v) is 6.98. The molecule has 2 aromatic heterocycles. The van der Waals surface area contributed by atoms with Gasteiger partial charge in [0.15, 0.2) is 5.82 Å². The predicted octanol–water partition coefficient (Wildman–Crippen LogP) is 4.09. The van der Waals surface area contributed by atoms with Crippen LogP contribution in [0.4, 0.5) is 10.1 Å². The average molecular weight is 526 g/mol. The number of benzene rings is 2. The van der Waals surface area contributed by atoms with Crippen LogP contribution in [0.3, 0.4) is 0 Å². The van der Waals surface area contributed by atoms with Crippen LogP contribution in [-0.2, 0) is 6.54 Å². The lowest BCUT2D eigenvalue weighted by Gasteiger charge is -2.21. The summed E-state index contributed by atoms with van der Waals surface area (Å²) in [7, 11) is 4.10. The monoisotopic (exact) mass is 525 g/mol. The number of aromatic nitrogens is 3. The van der Waals surface area contributed by atoms with Crippen LogP contribution < -0.4 is 4.90 Å². The van der Waals surface area contributed by atoms with Crippen LogP contribution >= 0.6 is 27.0 Å². The Kier molecular flexibility index (Phi) is 7.56. The number of aliphatic hydroxyl groups excluding tert-OH is 1. The van der Waals surface area contributed by atoms with Crippen molar-refractivity contribution < 1.29 is 9.50 Å². The van der Waals surface area contributed by atoms with E-state index in [0.29, 0.717) is 13.1 Å². The molecule has 6 rings (SSSR count). The number of β-amino-alcohol motifs (C(OH)–C–C–N with tert-alkyl or cyclic N) is 1. The summed E-state index contributed by atoms with van der Waals surface area (Å²) in [5, 5.41) is 10.6. The number of nitrogens with zero attached hydrogens (tertiary/aromatic N) is 5. The maximum Gasteiger partial charge on any atom is 0.161 e. The van der Waals surface area contributed by atoms with E-state index in [0.717, 1.165) is 47.1 Å². The molecular weight excluding hydrogens is 493 g/mol. The summed E-state index contributed by atoms with van der Waals surface area (Å²) in [4.78, 5) is 9.09. The molecule has 4 aromatic rings. The summed E-state index contributed by atoms with van der Waals surface area (Å²) in [5.74, 6) is 0.896. The van der Waals surface area contributed by atoms with Gasteiger partial charge in [0.05, 0.1) is 17.5 Å². The second-order valence-electron chi connectivity index (χ2n) is 9.68. The molecule has 9 heteroatoms. The lowest BCUT2D eigenvalue weighted by Crippen LogP contribution is -2.29. The Morgan fingerprint density at radius 3 is 2.56 bits per heavy atom. The molecule has 190 valence electrons. The maximum atomic E-state index is 13.4. The second kappa shape index (κ2) is 10.3. The van der Waals surface area contributed by atoms with Crippen molar-refractivity contribution in [3.8, 4) is 28.3 Å². The molecule has 4 heterocycles. The zero-order valence-corrected chi connectivity index (χ0v) is 22.4. The van der Waals surface area contributed by atoms with Crippen molar-refractivity contribution in [1.29, 1.82) is 0 Å². The molecule has 6 nitrogen and oxygen atoms in total. The molecular formula is C27H32FN5OS2. The van der Waals surface area contributed by atoms with Gasteiger partial charge in [-0.25, -0.2) is 9.37 Å². The first-order valence-corrected chi connectivity index (χ1v) is 11.7. The molecule has 1 N–H and O–H groups in total. The van der Waals surface area contributed by atoms with Gasteiger partial charge in [-0.15, -0.1) is 0 Å². The third kappa shape index (κ3) is 4.68. The highest BCUT2D eigenvalue weighted by Crippen LogP contribution is 2.36. The van der Waals surface area contributed by atoms with E-state index in [2.05, 4.69) is 68.5 Å². The molecule has 1 saturated heterocycles. The van der Waals surface area contributed by atoms with Crippen LogP contribution in [0.25, 0.3) is 28.3 Å². The SMILES string of the molecule is CN(C)C[C@H]1CN(c2ccc3c(c2)Cn2cc(-c4ccc(F)cc4)cc2-c2nccn2-3)C[C@H]1O.S.S. The minimum Gasteiger partial charge on any atom is -0.391 e. The molecule has 0 spiro atoms. The first kappa shape index (κ1) is 26.3. The van der Waals surface area contributed by atoms with E-state index in [1.807, 2.05) is 24.5 Å². The Labute approximate surface area is 224 Å². The number of anilines is 1. The van der Waals surface area contributed by atoms with Crippen molar-refractivity contribution in [2.24, 2.45) is 5.92 Å². The normalized spacial score (nSPS) is 18.1. The van der Waals surface area contributed by atoms with E-state index < -0.39 is 0 Å². The third-order valence-electron chi connectivity index (χ3n) is 6.98. The molecule has 2 aliphatic rings. The highest BCUT2D eigenvalue weighted by Gasteiger charge is 2.32. The Balaban J connectivity index is 0.00000152. The number of hydrogen-bond donors (Lipinski definition) is 1. The van der Waals surface area contributed by atoms with Gasteiger partial charge >= 0.3 is 0 Å². The average Bonchev–Trinajstić information content (AvgIpc) is 3.52. The van der Waals surface area contributed by atoms with Gasteiger partial charge in [0.1, 0.15) is 5.82 Å². The zero-order chi connectivity index (χ0) is 23.4. The molecule has 2 aromatic carbocycles. The summed E-state index contributed by atoms with van der Waals surface area (Å²) >= 11 is 0. The Morgan fingerprint density at radius 2 is 1.81 bits per heavy atom. The minimum absolute atomic E-state index is 0. The van der Waals surface area contributed by atoms with Gasteiger partial charge in [0.2, 0.25) is 0 Å². The fourth-order valence-electron chi connectivity index (χ4n) is 5.34. The number of rotatable bonds is 4. The smallest absolute Gasteiger partial charge is 0.161 e. The molecule has 2 aliphatic heterocycles. The van der Waals surface area contributed by atoms with Crippen LogP contribution in [0.2, 0.25) is 0 Å². The van der Waals surface area contributed by atoms with Gasteiger partial charge in [-0.3, -0.25) is 4.57 Å². The van der Waals surface area contributed by atoms with Gasteiger partial charge in [-0.05, 0) is 61.6 Å². The van der Waals surface area contributed by atoms with Crippen LogP contribution in [0.1, 0.15) is 5.56 Å². The topological polar surface area (TPSA) is 49.5 Å². The Bertz CT molecular complexity index is 1350. The molecule has 0 saturated carbocycles. The lowest BCUT2D eigenvalue weighted by molar-refractivity contribution is 0.130. The molecule has 0 bridgehead atoms. The summed E-state index contributed by atoms with van der Waals surface area (Å²) in [6.07, 6.45) is 5.63. The minimum atomic E-state index is -0.323. The van der Waals surface area contributed by atoms with Crippen LogP contribution in [-0.4, -0.2) is 64.0 Å². The lowest BCUT2D eigenvalue weighted by atomic mass is 10.1. The van der Waals surface area contributed by atoms with E-state index >= 15 is 0 Å². The Morgan fingerprint density at radius 1 is 1.03 bits per heavy atom. The highest BCUT2D eigenvalue weighted by atomic mass is 32.1. The standard InChI is InChI=1S/C27H28FN5O.2H2S/c1-30(2)13-21-16-31(17-26(21)34)23-7-8-24-20(11-23)15-32-14-19(18-3-5-22(28)6-4-18)12-25(32)27-29-9-10-33(24)27;;/h3-12,14,21,26,34H,13,15-17H2,1-2H3;2*1H2/t21-,26+;;/m0../s1. The van der Waals surface area contributed by atoms with E-state index in [1.54, 1.807) is 0 Å². The van der Waals surface area contributed by atoms with Crippen molar-refractivity contribution in [2.75, 3.05) is 38.6 Å². The summed E-state index contributed by atoms with van der Waals surface area (Å²) < 4.78 is 17.8. The van der Waals surface area contributed by atoms with E-state index in [-0.39, 0.29) is 44.8 Å². The quantitative estimate of drug-likeness (QED) is 0.384. The van der Waals surface area contributed by atoms with E-state index in [9.17, 15) is 9.50 Å². The summed E-state index contributed by atoms with van der Waals surface area (Å²) in [5.41, 5.74) is 6.50. The van der Waals surface area contributed by atoms with Gasteiger partial charge in [0, 0.05) is 61.9 Å². The second-order valence-corrected chi connectivity index (χ2v) is 9.68. The van der Waals surface area contributed by atoms with Crippen LogP contribution in [0.5, 0.6) is 0 Å². The number of halogens is 1. The van der Waals surface area contributed by atoms with Gasteiger partial charge in [-0.1, -0.05) is 12.1 Å². The van der Waals surface area contributed by atoms with Gasteiger partial charge in [0.25, 0.3) is 0 Å². The molecule has 0 radical (unpaired) electrons. The predicted molar refractivity (Wildman–Crippen MR) is 153 cm³/mol. The summed E-state index contributed by atoms with van der Waals surface area (Å²) in [6, 6.07) is 15.3.